The molecule has 10 heavy (non-hydrogen) atoms. The predicted octanol–water partition coefficient (Wildman–Crippen LogP) is -1.27. The van der Waals surface area contributed by atoms with Crippen LogP contribution >= 0.6 is 0 Å². The lowest BCUT2D eigenvalue weighted by Gasteiger charge is -2.09. The minimum absolute atomic E-state index is 0.521. The molecule has 1 heterocycles. The normalized spacial score (nSPS) is 28.0. The van der Waals surface area contributed by atoms with E-state index in [0.29, 0.717) is 0 Å². The van der Waals surface area contributed by atoms with Crippen molar-refractivity contribution >= 4 is 16.1 Å². The summed E-state index contributed by atoms with van der Waals surface area (Å²) < 4.78 is 25.2. The summed E-state index contributed by atoms with van der Waals surface area (Å²) in [4.78, 5) is 10.8. The summed E-state index contributed by atoms with van der Waals surface area (Å²) in [5.74, 6) is -0.521. The maximum absolute atomic E-state index is 10.8. The Labute approximate surface area is 59.0 Å². The highest BCUT2D eigenvalue weighted by molar-refractivity contribution is 7.88. The molecular weight excluding hydrogens is 156 g/mol. The number of rotatable bonds is 0. The van der Waals surface area contributed by atoms with E-state index in [2.05, 4.69) is 4.72 Å². The van der Waals surface area contributed by atoms with Crippen LogP contribution in [0, 0.1) is 0 Å². The zero-order chi connectivity index (χ0) is 7.99. The monoisotopic (exact) mass is 164 g/mol. The van der Waals surface area contributed by atoms with Gasteiger partial charge in [0, 0.05) is 0 Å². The lowest BCUT2D eigenvalue weighted by atomic mass is 10.1. The van der Waals surface area contributed by atoms with E-state index in [0.717, 1.165) is 0 Å². The zero-order valence-electron chi connectivity index (χ0n) is 5.63. The number of carbonyl (C=O) groups is 1. The van der Waals surface area contributed by atoms with E-state index >= 15 is 0 Å². The molecule has 1 saturated heterocycles. The fourth-order valence-corrected chi connectivity index (χ4v) is 1.97. The summed E-state index contributed by atoms with van der Waals surface area (Å²) in [5.41, 5.74) is -1.00. The molecule has 0 aromatic carbocycles. The van der Waals surface area contributed by atoms with E-state index in [4.69, 9.17) is 0 Å². The fourth-order valence-electron chi connectivity index (χ4n) is 0.657. The molecule has 0 radical (unpaired) electrons. The molecule has 58 valence electrons. The first-order valence-electron chi connectivity index (χ1n) is 2.70. The Bertz CT molecular complexity index is 266. The van der Waals surface area contributed by atoms with Gasteiger partial charge in [-0.05, 0) is 13.8 Å². The average Bonchev–Trinajstić information content (AvgIpc) is 1.73. The first-order chi connectivity index (χ1) is 4.33. The Morgan fingerprint density at radius 1 is 1.40 bits per heavy atom. The third kappa shape index (κ3) is 1.12. The molecule has 0 unspecified atom stereocenters. The van der Waals surface area contributed by atoms with Gasteiger partial charge in [-0.25, -0.2) is 4.72 Å². The van der Waals surface area contributed by atoms with Gasteiger partial charge in [0.1, 0.15) is 5.54 Å². The number of amides is 1. The van der Waals surface area contributed by atoms with E-state index in [1.807, 2.05) is 0 Å². The first kappa shape index (κ1) is 7.49. The quantitative estimate of drug-likeness (QED) is 0.468. The molecule has 6 heteroatoms. The molecule has 1 rings (SSSR count). The van der Waals surface area contributed by atoms with Crippen molar-refractivity contribution in [2.24, 2.45) is 0 Å². The second-order valence-corrected chi connectivity index (χ2v) is 4.08. The number of hydrogen-bond acceptors (Lipinski definition) is 3. The number of hydrogen-bond donors (Lipinski definition) is 2. The van der Waals surface area contributed by atoms with E-state index in [1.165, 1.54) is 13.8 Å². The van der Waals surface area contributed by atoms with Gasteiger partial charge in [-0.1, -0.05) is 0 Å². The Balaban J connectivity index is 3.03. The highest BCUT2D eigenvalue weighted by atomic mass is 32.2. The molecule has 1 aliphatic heterocycles. The molecule has 0 spiro atoms. The Hall–Kier alpha value is -0.620. The number of nitrogens with one attached hydrogen (secondary N) is 2. The van der Waals surface area contributed by atoms with Crippen LogP contribution in [0.2, 0.25) is 0 Å². The van der Waals surface area contributed by atoms with Gasteiger partial charge in [-0.2, -0.15) is 13.1 Å². The molecular formula is C4H8N2O3S. The van der Waals surface area contributed by atoms with Crippen molar-refractivity contribution in [2.45, 2.75) is 19.4 Å². The Morgan fingerprint density at radius 3 is 2.00 bits per heavy atom. The van der Waals surface area contributed by atoms with Crippen molar-refractivity contribution < 1.29 is 13.2 Å². The highest BCUT2D eigenvalue weighted by Gasteiger charge is 2.41. The highest BCUT2D eigenvalue weighted by Crippen LogP contribution is 2.09. The Kier molecular flexibility index (Phi) is 1.27. The van der Waals surface area contributed by atoms with Gasteiger partial charge in [0.05, 0.1) is 0 Å². The van der Waals surface area contributed by atoms with E-state index in [9.17, 15) is 13.2 Å². The third-order valence-electron chi connectivity index (χ3n) is 1.18. The standard InChI is InChI=1S/C4H8N2O3S/c1-4(2)3(7)5-10(8,9)6-4/h6H,1-2H3,(H,5,7). The van der Waals surface area contributed by atoms with Crippen LogP contribution < -0.4 is 9.44 Å². The van der Waals surface area contributed by atoms with Gasteiger partial charge in [0.15, 0.2) is 0 Å². The molecule has 1 fully saturated rings. The van der Waals surface area contributed by atoms with Crippen LogP contribution in [0.25, 0.3) is 0 Å². The smallest absolute Gasteiger partial charge is 0.272 e. The lowest BCUT2D eigenvalue weighted by molar-refractivity contribution is -0.122. The molecule has 0 atom stereocenters. The van der Waals surface area contributed by atoms with E-state index in [1.54, 1.807) is 4.72 Å². The van der Waals surface area contributed by atoms with E-state index < -0.39 is 21.7 Å². The van der Waals surface area contributed by atoms with Gasteiger partial charge in [0.25, 0.3) is 5.91 Å². The van der Waals surface area contributed by atoms with Crippen molar-refractivity contribution in [1.29, 1.82) is 0 Å². The Morgan fingerprint density at radius 2 is 1.90 bits per heavy atom. The van der Waals surface area contributed by atoms with Gasteiger partial charge in [0.2, 0.25) is 0 Å². The summed E-state index contributed by atoms with van der Waals surface area (Å²) in [7, 11) is -3.55. The second kappa shape index (κ2) is 1.70. The topological polar surface area (TPSA) is 75.3 Å². The van der Waals surface area contributed by atoms with Gasteiger partial charge < -0.3 is 0 Å². The summed E-state index contributed by atoms with van der Waals surface area (Å²) >= 11 is 0. The summed E-state index contributed by atoms with van der Waals surface area (Å²) in [6.45, 7) is 2.99. The van der Waals surface area contributed by atoms with Crippen LogP contribution in [-0.4, -0.2) is 19.9 Å². The van der Waals surface area contributed by atoms with Crippen molar-refractivity contribution in [3.63, 3.8) is 0 Å². The predicted molar refractivity (Wildman–Crippen MR) is 34.3 cm³/mol. The van der Waals surface area contributed by atoms with Gasteiger partial charge in [-0.3, -0.25) is 4.79 Å². The maximum Gasteiger partial charge on any atom is 0.302 e. The molecule has 0 aromatic heterocycles. The molecule has 1 aliphatic rings. The minimum atomic E-state index is -3.55. The van der Waals surface area contributed by atoms with Crippen LogP contribution in [0.15, 0.2) is 0 Å². The van der Waals surface area contributed by atoms with Crippen LogP contribution in [0.4, 0.5) is 0 Å². The average molecular weight is 164 g/mol. The summed E-state index contributed by atoms with van der Waals surface area (Å²) in [6.07, 6.45) is 0. The number of carbonyl (C=O) groups excluding carboxylic acids is 1. The largest absolute Gasteiger partial charge is 0.302 e. The molecule has 0 bridgehead atoms. The first-order valence-corrected chi connectivity index (χ1v) is 4.18. The van der Waals surface area contributed by atoms with E-state index in [-0.39, 0.29) is 0 Å². The van der Waals surface area contributed by atoms with Crippen molar-refractivity contribution in [2.75, 3.05) is 0 Å². The fraction of sp³-hybridized carbons (Fsp3) is 0.750. The summed E-state index contributed by atoms with van der Waals surface area (Å²) in [6, 6.07) is 0. The van der Waals surface area contributed by atoms with Crippen LogP contribution in [-0.2, 0) is 15.0 Å². The van der Waals surface area contributed by atoms with Crippen molar-refractivity contribution in [1.82, 2.24) is 9.44 Å². The maximum atomic E-state index is 10.8. The van der Waals surface area contributed by atoms with Crippen molar-refractivity contribution in [3.8, 4) is 0 Å². The minimum Gasteiger partial charge on any atom is -0.272 e. The summed E-state index contributed by atoms with van der Waals surface area (Å²) in [5, 5.41) is 0. The molecule has 5 nitrogen and oxygen atoms in total. The van der Waals surface area contributed by atoms with Crippen molar-refractivity contribution in [3.05, 3.63) is 0 Å². The molecule has 0 saturated carbocycles. The third-order valence-corrected chi connectivity index (χ3v) is 2.42. The molecule has 2 N–H and O–H groups in total. The molecule has 1 amide bonds. The lowest BCUT2D eigenvalue weighted by Crippen LogP contribution is -2.39. The van der Waals surface area contributed by atoms with Crippen LogP contribution in [0.5, 0.6) is 0 Å². The molecule has 0 aliphatic carbocycles. The van der Waals surface area contributed by atoms with Crippen LogP contribution in [0.1, 0.15) is 13.8 Å². The van der Waals surface area contributed by atoms with Gasteiger partial charge >= 0.3 is 10.2 Å². The molecule has 0 aromatic rings. The second-order valence-electron chi connectivity index (χ2n) is 2.66. The van der Waals surface area contributed by atoms with Gasteiger partial charge in [-0.15, -0.1) is 0 Å². The zero-order valence-corrected chi connectivity index (χ0v) is 6.45. The van der Waals surface area contributed by atoms with Crippen LogP contribution in [0.3, 0.4) is 0 Å². The SMILES string of the molecule is CC1(C)NS(=O)(=O)NC1=O.